The lowest BCUT2D eigenvalue weighted by molar-refractivity contribution is -0.148. The summed E-state index contributed by atoms with van der Waals surface area (Å²) in [5.74, 6) is -0.335. The average Bonchev–Trinajstić information content (AvgIpc) is 2.67. The number of epoxide rings is 1. The molecule has 1 fully saturated rings. The molecule has 1 atom stereocenters. The predicted octanol–water partition coefficient (Wildman–Crippen LogP) is -0.425. The molecule has 1 heterocycles. The highest BCUT2D eigenvalue weighted by Crippen LogP contribution is 2.08. The van der Waals surface area contributed by atoms with Crippen LogP contribution in [0.15, 0.2) is 0 Å². The summed E-state index contributed by atoms with van der Waals surface area (Å²) in [5, 5.41) is 0. The Morgan fingerprint density at radius 1 is 1.80 bits per heavy atom. The SMILES string of the molecule is COCC(=O)OCC1CO1. The summed E-state index contributed by atoms with van der Waals surface area (Å²) in [6, 6.07) is 0. The van der Waals surface area contributed by atoms with Crippen LogP contribution in [0.25, 0.3) is 0 Å². The first kappa shape index (κ1) is 7.50. The maximum atomic E-state index is 10.6. The number of carbonyl (C=O) groups is 1. The molecule has 1 aliphatic rings. The molecule has 58 valence electrons. The zero-order valence-corrected chi connectivity index (χ0v) is 5.83. The molecule has 0 spiro atoms. The van der Waals surface area contributed by atoms with Crippen LogP contribution in [0.5, 0.6) is 0 Å². The number of rotatable bonds is 4. The van der Waals surface area contributed by atoms with E-state index in [4.69, 9.17) is 9.47 Å². The van der Waals surface area contributed by atoms with Gasteiger partial charge in [0.05, 0.1) is 6.61 Å². The molecule has 0 aromatic rings. The molecule has 0 bridgehead atoms. The van der Waals surface area contributed by atoms with Gasteiger partial charge in [-0.3, -0.25) is 0 Å². The molecule has 0 aromatic carbocycles. The summed E-state index contributed by atoms with van der Waals surface area (Å²) in [5.41, 5.74) is 0. The zero-order chi connectivity index (χ0) is 7.40. The topological polar surface area (TPSA) is 48.1 Å². The molecule has 0 saturated carbocycles. The molecule has 10 heavy (non-hydrogen) atoms. The van der Waals surface area contributed by atoms with Crippen LogP contribution < -0.4 is 0 Å². The van der Waals surface area contributed by atoms with Crippen molar-refractivity contribution in [2.24, 2.45) is 0 Å². The van der Waals surface area contributed by atoms with Gasteiger partial charge in [-0.05, 0) is 0 Å². The van der Waals surface area contributed by atoms with Crippen molar-refractivity contribution in [3.05, 3.63) is 0 Å². The Labute approximate surface area is 59.1 Å². The van der Waals surface area contributed by atoms with Gasteiger partial charge in [0.15, 0.2) is 0 Å². The predicted molar refractivity (Wildman–Crippen MR) is 32.6 cm³/mol. The number of hydrogen-bond donors (Lipinski definition) is 0. The average molecular weight is 146 g/mol. The van der Waals surface area contributed by atoms with Gasteiger partial charge in [-0.15, -0.1) is 0 Å². The van der Waals surface area contributed by atoms with Crippen LogP contribution >= 0.6 is 0 Å². The first-order chi connectivity index (χ1) is 4.83. The highest BCUT2D eigenvalue weighted by molar-refractivity contribution is 5.70. The summed E-state index contributed by atoms with van der Waals surface area (Å²) < 4.78 is 14.1. The first-order valence-electron chi connectivity index (χ1n) is 3.09. The van der Waals surface area contributed by atoms with Gasteiger partial charge >= 0.3 is 5.97 Å². The second kappa shape index (κ2) is 3.53. The molecule has 0 N–H and O–H groups in total. The molecule has 1 unspecified atom stereocenters. The van der Waals surface area contributed by atoms with Crippen molar-refractivity contribution in [2.75, 3.05) is 26.9 Å². The highest BCUT2D eigenvalue weighted by atomic mass is 16.6. The normalized spacial score (nSPS) is 22.3. The lowest BCUT2D eigenvalue weighted by atomic mass is 10.5. The Kier molecular flexibility index (Phi) is 2.65. The minimum absolute atomic E-state index is 0.0206. The van der Waals surface area contributed by atoms with E-state index in [1.54, 1.807) is 0 Å². The summed E-state index contributed by atoms with van der Waals surface area (Å²) >= 11 is 0. The van der Waals surface area contributed by atoms with Crippen LogP contribution in [0.4, 0.5) is 0 Å². The zero-order valence-electron chi connectivity index (χ0n) is 5.83. The largest absolute Gasteiger partial charge is 0.461 e. The highest BCUT2D eigenvalue weighted by Gasteiger charge is 2.23. The van der Waals surface area contributed by atoms with Gasteiger partial charge in [0.1, 0.15) is 19.3 Å². The number of ether oxygens (including phenoxy) is 3. The standard InChI is InChI=1S/C6H10O4/c1-8-4-6(7)10-3-5-2-9-5/h5H,2-4H2,1H3. The van der Waals surface area contributed by atoms with Crippen LogP contribution in [0.1, 0.15) is 0 Å². The maximum absolute atomic E-state index is 10.6. The van der Waals surface area contributed by atoms with Crippen LogP contribution in [-0.2, 0) is 19.0 Å². The quantitative estimate of drug-likeness (QED) is 0.399. The van der Waals surface area contributed by atoms with Gasteiger partial charge in [0, 0.05) is 7.11 Å². The summed E-state index contributed by atoms with van der Waals surface area (Å²) in [4.78, 5) is 10.6. The van der Waals surface area contributed by atoms with Gasteiger partial charge in [-0.2, -0.15) is 0 Å². The molecular formula is C6H10O4. The minimum Gasteiger partial charge on any atom is -0.461 e. The number of hydrogen-bond acceptors (Lipinski definition) is 4. The third-order valence-electron chi connectivity index (χ3n) is 1.09. The van der Waals surface area contributed by atoms with Crippen molar-refractivity contribution in [3.63, 3.8) is 0 Å². The molecular weight excluding hydrogens is 136 g/mol. The van der Waals surface area contributed by atoms with Crippen molar-refractivity contribution in [1.29, 1.82) is 0 Å². The van der Waals surface area contributed by atoms with E-state index in [2.05, 4.69) is 4.74 Å². The molecule has 1 aliphatic heterocycles. The Morgan fingerprint density at radius 3 is 3.00 bits per heavy atom. The third-order valence-corrected chi connectivity index (χ3v) is 1.09. The van der Waals surface area contributed by atoms with E-state index in [0.29, 0.717) is 13.2 Å². The van der Waals surface area contributed by atoms with Crippen molar-refractivity contribution < 1.29 is 19.0 Å². The number of esters is 1. The Balaban J connectivity index is 1.94. The van der Waals surface area contributed by atoms with E-state index >= 15 is 0 Å². The van der Waals surface area contributed by atoms with Crippen molar-refractivity contribution >= 4 is 5.97 Å². The maximum Gasteiger partial charge on any atom is 0.332 e. The molecule has 0 aliphatic carbocycles. The van der Waals surface area contributed by atoms with E-state index in [-0.39, 0.29) is 18.7 Å². The van der Waals surface area contributed by atoms with Gasteiger partial charge in [-0.25, -0.2) is 4.79 Å². The van der Waals surface area contributed by atoms with Gasteiger partial charge < -0.3 is 14.2 Å². The number of methoxy groups -OCH3 is 1. The van der Waals surface area contributed by atoms with Crippen LogP contribution in [0.2, 0.25) is 0 Å². The van der Waals surface area contributed by atoms with Gasteiger partial charge in [0.2, 0.25) is 0 Å². The van der Waals surface area contributed by atoms with Crippen molar-refractivity contribution in [2.45, 2.75) is 6.10 Å². The van der Waals surface area contributed by atoms with Crippen LogP contribution in [0, 0.1) is 0 Å². The second-order valence-corrected chi connectivity index (χ2v) is 2.07. The van der Waals surface area contributed by atoms with Crippen LogP contribution in [-0.4, -0.2) is 39.0 Å². The molecule has 4 nitrogen and oxygen atoms in total. The van der Waals surface area contributed by atoms with E-state index < -0.39 is 0 Å². The van der Waals surface area contributed by atoms with E-state index in [1.807, 2.05) is 0 Å². The monoisotopic (exact) mass is 146 g/mol. The first-order valence-corrected chi connectivity index (χ1v) is 3.09. The fraction of sp³-hybridized carbons (Fsp3) is 0.833. The molecule has 0 radical (unpaired) electrons. The van der Waals surface area contributed by atoms with Gasteiger partial charge in [-0.1, -0.05) is 0 Å². The Bertz CT molecular complexity index is 119. The minimum atomic E-state index is -0.335. The summed E-state index contributed by atoms with van der Waals surface area (Å²) in [6.07, 6.45) is 0.140. The van der Waals surface area contributed by atoms with Crippen LogP contribution in [0.3, 0.4) is 0 Å². The fourth-order valence-electron chi connectivity index (χ4n) is 0.510. The Hall–Kier alpha value is -0.610. The molecule has 0 aromatic heterocycles. The lowest BCUT2D eigenvalue weighted by Gasteiger charge is -1.99. The molecule has 1 saturated heterocycles. The van der Waals surface area contributed by atoms with E-state index in [1.165, 1.54) is 7.11 Å². The molecule has 4 heteroatoms. The summed E-state index contributed by atoms with van der Waals surface area (Å²) in [6.45, 7) is 1.09. The van der Waals surface area contributed by atoms with Crippen molar-refractivity contribution in [3.8, 4) is 0 Å². The third kappa shape index (κ3) is 2.80. The molecule has 0 amide bonds. The smallest absolute Gasteiger partial charge is 0.332 e. The Morgan fingerprint density at radius 2 is 2.50 bits per heavy atom. The number of carbonyl (C=O) groups excluding carboxylic acids is 1. The lowest BCUT2D eigenvalue weighted by Crippen LogP contribution is -2.14. The van der Waals surface area contributed by atoms with E-state index in [0.717, 1.165) is 0 Å². The summed E-state index contributed by atoms with van der Waals surface area (Å²) in [7, 11) is 1.45. The second-order valence-electron chi connectivity index (χ2n) is 2.07. The fourth-order valence-corrected chi connectivity index (χ4v) is 0.510. The van der Waals surface area contributed by atoms with Gasteiger partial charge in [0.25, 0.3) is 0 Å². The van der Waals surface area contributed by atoms with E-state index in [9.17, 15) is 4.79 Å². The van der Waals surface area contributed by atoms with Crippen molar-refractivity contribution in [1.82, 2.24) is 0 Å². The molecule has 1 rings (SSSR count).